The van der Waals surface area contributed by atoms with Crippen LogP contribution in [-0.2, 0) is 6.18 Å². The summed E-state index contributed by atoms with van der Waals surface area (Å²) in [6, 6.07) is 9.43. The van der Waals surface area contributed by atoms with Crippen LogP contribution in [-0.4, -0.2) is 25.1 Å². The molecule has 0 aliphatic heterocycles. The molecule has 0 amide bonds. The molecule has 0 spiro atoms. The third kappa shape index (κ3) is 3.29. The molecule has 2 aromatic carbocycles. The number of rotatable bonds is 3. The van der Waals surface area contributed by atoms with Crippen molar-refractivity contribution in [1.29, 1.82) is 0 Å². The zero-order valence-electron chi connectivity index (χ0n) is 13.7. The fraction of sp³-hybridized carbons (Fsp3) is 0.0588. The van der Waals surface area contributed by atoms with Gasteiger partial charge in [0.05, 0.1) is 23.1 Å². The second-order valence-corrected chi connectivity index (χ2v) is 6.15. The van der Waals surface area contributed by atoms with E-state index in [9.17, 15) is 18.0 Å². The highest BCUT2D eigenvalue weighted by Crippen LogP contribution is 2.34. The molecular formula is C17H9ClF3N5O2. The minimum absolute atomic E-state index is 0.113. The van der Waals surface area contributed by atoms with Gasteiger partial charge in [-0.15, -0.1) is 5.10 Å². The van der Waals surface area contributed by atoms with E-state index in [1.54, 1.807) is 12.1 Å². The first-order valence-electron chi connectivity index (χ1n) is 7.77. The number of hydrogen-bond donors (Lipinski definition) is 1. The third-order valence-electron chi connectivity index (χ3n) is 3.92. The van der Waals surface area contributed by atoms with E-state index in [0.717, 1.165) is 12.1 Å². The molecule has 0 saturated carbocycles. The average Bonchev–Trinajstić information content (AvgIpc) is 3.30. The molecule has 0 radical (unpaired) electrons. The highest BCUT2D eigenvalue weighted by molar-refractivity contribution is 6.30. The van der Waals surface area contributed by atoms with Crippen LogP contribution < -0.4 is 5.76 Å². The van der Waals surface area contributed by atoms with Crippen LogP contribution in [0.5, 0.6) is 0 Å². The van der Waals surface area contributed by atoms with Gasteiger partial charge in [0.1, 0.15) is 0 Å². The molecule has 2 aromatic heterocycles. The SMILES string of the molecule is O=c1[nH]c(-c2ccc(Cl)cc2-n2nncc2-c2cccc(C(F)(F)F)c2)no1. The molecule has 0 aliphatic carbocycles. The highest BCUT2D eigenvalue weighted by atomic mass is 35.5. The Labute approximate surface area is 159 Å². The Morgan fingerprint density at radius 2 is 1.96 bits per heavy atom. The second kappa shape index (κ2) is 6.64. The molecule has 0 saturated heterocycles. The van der Waals surface area contributed by atoms with Gasteiger partial charge < -0.3 is 0 Å². The zero-order valence-corrected chi connectivity index (χ0v) is 14.5. The minimum atomic E-state index is -4.49. The van der Waals surface area contributed by atoms with E-state index >= 15 is 0 Å². The monoisotopic (exact) mass is 407 g/mol. The highest BCUT2D eigenvalue weighted by Gasteiger charge is 2.30. The van der Waals surface area contributed by atoms with Gasteiger partial charge >= 0.3 is 11.9 Å². The van der Waals surface area contributed by atoms with E-state index in [4.69, 9.17) is 11.6 Å². The number of alkyl halides is 3. The zero-order chi connectivity index (χ0) is 19.9. The van der Waals surface area contributed by atoms with Crippen LogP contribution in [0.3, 0.4) is 0 Å². The summed E-state index contributed by atoms with van der Waals surface area (Å²) in [4.78, 5) is 13.7. The van der Waals surface area contributed by atoms with E-state index < -0.39 is 17.5 Å². The number of aromatic amines is 1. The summed E-state index contributed by atoms with van der Waals surface area (Å²) in [5.41, 5.74) is 0.487. The smallest absolute Gasteiger partial charge is 0.296 e. The van der Waals surface area contributed by atoms with Crippen molar-refractivity contribution in [3.05, 3.63) is 69.8 Å². The van der Waals surface area contributed by atoms with Gasteiger partial charge in [-0.25, -0.2) is 9.48 Å². The van der Waals surface area contributed by atoms with Crippen LogP contribution in [0.2, 0.25) is 5.02 Å². The summed E-state index contributed by atoms with van der Waals surface area (Å²) >= 11 is 6.08. The van der Waals surface area contributed by atoms with Crippen molar-refractivity contribution >= 4 is 11.6 Å². The van der Waals surface area contributed by atoms with Crippen molar-refractivity contribution < 1.29 is 17.7 Å². The van der Waals surface area contributed by atoms with E-state index in [0.29, 0.717) is 22.0 Å². The normalized spacial score (nSPS) is 11.7. The first kappa shape index (κ1) is 18.0. The molecule has 142 valence electrons. The number of H-pyrrole nitrogens is 1. The lowest BCUT2D eigenvalue weighted by Gasteiger charge is -2.12. The molecule has 1 N–H and O–H groups in total. The van der Waals surface area contributed by atoms with Crippen molar-refractivity contribution in [3.63, 3.8) is 0 Å². The molecule has 7 nitrogen and oxygen atoms in total. The Hall–Kier alpha value is -3.40. The van der Waals surface area contributed by atoms with Gasteiger partial charge in [0, 0.05) is 16.1 Å². The Balaban J connectivity index is 1.89. The van der Waals surface area contributed by atoms with Gasteiger partial charge in [0.15, 0.2) is 5.82 Å². The van der Waals surface area contributed by atoms with E-state index in [-0.39, 0.29) is 11.4 Å². The van der Waals surface area contributed by atoms with Crippen LogP contribution in [0.1, 0.15) is 5.56 Å². The van der Waals surface area contributed by atoms with E-state index in [1.807, 2.05) is 0 Å². The molecule has 0 unspecified atom stereocenters. The number of nitrogens with one attached hydrogen (secondary N) is 1. The van der Waals surface area contributed by atoms with Gasteiger partial charge in [-0.05, 0) is 30.3 Å². The van der Waals surface area contributed by atoms with Gasteiger partial charge in [0.25, 0.3) is 0 Å². The van der Waals surface area contributed by atoms with E-state index in [2.05, 4.69) is 25.0 Å². The molecule has 0 bridgehead atoms. The Morgan fingerprint density at radius 3 is 2.68 bits per heavy atom. The number of benzene rings is 2. The lowest BCUT2D eigenvalue weighted by Crippen LogP contribution is -2.06. The maximum absolute atomic E-state index is 13.1. The van der Waals surface area contributed by atoms with E-state index in [1.165, 1.54) is 29.1 Å². The fourth-order valence-corrected chi connectivity index (χ4v) is 2.86. The molecule has 0 aliphatic rings. The lowest BCUT2D eigenvalue weighted by molar-refractivity contribution is -0.137. The van der Waals surface area contributed by atoms with Crippen LogP contribution in [0.4, 0.5) is 13.2 Å². The van der Waals surface area contributed by atoms with Crippen molar-refractivity contribution in [2.75, 3.05) is 0 Å². The minimum Gasteiger partial charge on any atom is -0.296 e. The Bertz CT molecular complexity index is 1210. The van der Waals surface area contributed by atoms with Gasteiger partial charge in [-0.3, -0.25) is 9.51 Å². The number of nitrogens with zero attached hydrogens (tertiary/aromatic N) is 4. The van der Waals surface area contributed by atoms with Gasteiger partial charge in [-0.2, -0.15) is 13.2 Å². The standard InChI is InChI=1S/C17H9ClF3N5O2/c18-11-4-5-12(15-23-16(27)28-24-15)13(7-11)26-14(8-22-25-26)9-2-1-3-10(6-9)17(19,20)21/h1-8H,(H,23,24,27). The molecular weight excluding hydrogens is 399 g/mol. The van der Waals surface area contributed by atoms with Crippen molar-refractivity contribution in [3.8, 4) is 28.3 Å². The first-order chi connectivity index (χ1) is 13.3. The molecule has 11 heteroatoms. The Morgan fingerprint density at radius 1 is 1.14 bits per heavy atom. The average molecular weight is 408 g/mol. The van der Waals surface area contributed by atoms with Gasteiger partial charge in [0.2, 0.25) is 0 Å². The van der Waals surface area contributed by atoms with Crippen LogP contribution >= 0.6 is 11.6 Å². The second-order valence-electron chi connectivity index (χ2n) is 5.71. The largest absolute Gasteiger partial charge is 0.439 e. The summed E-state index contributed by atoms with van der Waals surface area (Å²) in [6.07, 6.45) is -3.17. The Kier molecular flexibility index (Phi) is 4.27. The van der Waals surface area contributed by atoms with Crippen LogP contribution in [0.15, 0.2) is 58.0 Å². The van der Waals surface area contributed by atoms with Gasteiger partial charge in [-0.1, -0.05) is 34.1 Å². The summed E-state index contributed by atoms with van der Waals surface area (Å²) in [5.74, 6) is -0.644. The first-order valence-corrected chi connectivity index (χ1v) is 8.15. The predicted molar refractivity (Wildman–Crippen MR) is 92.9 cm³/mol. The predicted octanol–water partition coefficient (Wildman–Crippen LogP) is 3.95. The fourth-order valence-electron chi connectivity index (χ4n) is 2.69. The quantitative estimate of drug-likeness (QED) is 0.555. The van der Waals surface area contributed by atoms with Crippen molar-refractivity contribution in [2.45, 2.75) is 6.18 Å². The molecule has 0 fully saturated rings. The number of aromatic nitrogens is 5. The molecule has 0 atom stereocenters. The van der Waals surface area contributed by atoms with Crippen LogP contribution in [0.25, 0.3) is 28.3 Å². The molecule has 4 rings (SSSR count). The van der Waals surface area contributed by atoms with Crippen LogP contribution in [0, 0.1) is 0 Å². The third-order valence-corrected chi connectivity index (χ3v) is 4.15. The molecule has 28 heavy (non-hydrogen) atoms. The maximum Gasteiger partial charge on any atom is 0.439 e. The van der Waals surface area contributed by atoms with Crippen molar-refractivity contribution in [1.82, 2.24) is 25.1 Å². The van der Waals surface area contributed by atoms with Crippen molar-refractivity contribution in [2.24, 2.45) is 0 Å². The summed E-state index contributed by atoms with van der Waals surface area (Å²) < 4.78 is 45.0. The number of hydrogen-bond acceptors (Lipinski definition) is 5. The summed E-state index contributed by atoms with van der Waals surface area (Å²) in [5, 5.41) is 11.8. The summed E-state index contributed by atoms with van der Waals surface area (Å²) in [7, 11) is 0. The topological polar surface area (TPSA) is 89.6 Å². The maximum atomic E-state index is 13.1. The number of halogens is 4. The molecule has 4 aromatic rings. The summed E-state index contributed by atoms with van der Waals surface area (Å²) in [6.45, 7) is 0. The molecule has 2 heterocycles. The lowest BCUT2D eigenvalue weighted by atomic mass is 10.1.